The monoisotopic (exact) mass is 283 g/mol. The molecule has 0 fully saturated rings. The topological polar surface area (TPSA) is 49.8 Å². The Morgan fingerprint density at radius 1 is 1.47 bits per heavy atom. The summed E-state index contributed by atoms with van der Waals surface area (Å²) in [5.74, 6) is -0.176. The third-order valence-corrected chi connectivity index (χ3v) is 2.76. The van der Waals surface area contributed by atoms with Gasteiger partial charge in [0.25, 0.3) is 0 Å². The van der Waals surface area contributed by atoms with E-state index in [0.717, 1.165) is 5.56 Å². The molecule has 1 atom stereocenters. The largest absolute Gasteiger partial charge is 0.389 e. The summed E-state index contributed by atoms with van der Waals surface area (Å²) in [5.41, 5.74) is 0.892. The van der Waals surface area contributed by atoms with E-state index in [1.54, 1.807) is 25.3 Å². The van der Waals surface area contributed by atoms with Crippen LogP contribution in [0.5, 0.6) is 0 Å². The fourth-order valence-corrected chi connectivity index (χ4v) is 1.65. The van der Waals surface area contributed by atoms with Crippen LogP contribution in [0.4, 0.5) is 0 Å². The number of nitrogens with zero attached hydrogens (tertiary/aromatic N) is 1. The zero-order valence-corrected chi connectivity index (χ0v) is 11.8. The third kappa shape index (κ3) is 5.87. The van der Waals surface area contributed by atoms with Crippen LogP contribution in [0.2, 0.25) is 5.02 Å². The second-order valence-corrected chi connectivity index (χ2v) is 4.65. The zero-order valence-electron chi connectivity index (χ0n) is 11.0. The average Bonchev–Trinajstić information content (AvgIpc) is 2.37. The van der Waals surface area contributed by atoms with Gasteiger partial charge in [-0.3, -0.25) is 4.79 Å². The highest BCUT2D eigenvalue weighted by Gasteiger charge is 2.10. The molecule has 0 saturated carbocycles. The van der Waals surface area contributed by atoms with Gasteiger partial charge in [-0.1, -0.05) is 23.7 Å². The van der Waals surface area contributed by atoms with Crippen molar-refractivity contribution in [2.24, 2.45) is 0 Å². The van der Waals surface area contributed by atoms with Crippen molar-refractivity contribution in [1.82, 2.24) is 4.90 Å². The highest BCUT2D eigenvalue weighted by Crippen LogP contribution is 2.10. The predicted octanol–water partition coefficient (Wildman–Crippen LogP) is 1.82. The summed E-state index contributed by atoms with van der Waals surface area (Å²) in [6.45, 7) is 0.441. The number of carbonyl (C=O) groups is 1. The van der Waals surface area contributed by atoms with Gasteiger partial charge in [-0.25, -0.2) is 0 Å². The van der Waals surface area contributed by atoms with Gasteiger partial charge in [0.1, 0.15) is 0 Å². The van der Waals surface area contributed by atoms with Crippen molar-refractivity contribution in [2.45, 2.75) is 6.10 Å². The second kappa shape index (κ2) is 7.94. The molecule has 1 unspecified atom stereocenters. The first kappa shape index (κ1) is 15.7. The van der Waals surface area contributed by atoms with Gasteiger partial charge in [0.05, 0.1) is 12.7 Å². The maximum Gasteiger partial charge on any atom is 0.246 e. The number of likely N-dealkylation sites (N-methyl/N-ethyl adjacent to an activating group) is 1. The SMILES string of the molecule is COCC(O)CN(C)C(=O)C=Cc1ccc(Cl)cc1. The van der Waals surface area contributed by atoms with Crippen molar-refractivity contribution in [3.8, 4) is 0 Å². The Labute approximate surface area is 118 Å². The molecule has 1 amide bonds. The van der Waals surface area contributed by atoms with Crippen LogP contribution in [0.1, 0.15) is 5.56 Å². The Kier molecular flexibility index (Phi) is 6.56. The van der Waals surface area contributed by atoms with E-state index < -0.39 is 6.10 Å². The molecule has 0 spiro atoms. The van der Waals surface area contributed by atoms with Gasteiger partial charge in [-0.15, -0.1) is 0 Å². The van der Waals surface area contributed by atoms with Crippen molar-refractivity contribution < 1.29 is 14.6 Å². The van der Waals surface area contributed by atoms with Crippen LogP contribution in [0.3, 0.4) is 0 Å². The molecule has 0 aliphatic heterocycles. The first-order chi connectivity index (χ1) is 9.02. The summed E-state index contributed by atoms with van der Waals surface area (Å²) < 4.78 is 4.81. The molecule has 5 heteroatoms. The Hall–Kier alpha value is -1.36. The first-order valence-corrected chi connectivity index (χ1v) is 6.26. The van der Waals surface area contributed by atoms with Gasteiger partial charge >= 0.3 is 0 Å². The second-order valence-electron chi connectivity index (χ2n) is 4.21. The fraction of sp³-hybridized carbons (Fsp3) is 0.357. The average molecular weight is 284 g/mol. The molecule has 104 valence electrons. The summed E-state index contributed by atoms with van der Waals surface area (Å²) in [4.78, 5) is 13.2. The summed E-state index contributed by atoms with van der Waals surface area (Å²) in [6, 6.07) is 7.17. The molecule has 0 heterocycles. The van der Waals surface area contributed by atoms with Gasteiger partial charge in [-0.2, -0.15) is 0 Å². The molecule has 0 aliphatic carbocycles. The summed E-state index contributed by atoms with van der Waals surface area (Å²) in [5, 5.41) is 10.2. The van der Waals surface area contributed by atoms with E-state index in [9.17, 15) is 9.90 Å². The quantitative estimate of drug-likeness (QED) is 0.810. The Morgan fingerprint density at radius 3 is 2.68 bits per heavy atom. The normalized spacial score (nSPS) is 12.6. The van der Waals surface area contributed by atoms with Crippen molar-refractivity contribution in [1.29, 1.82) is 0 Å². The number of hydrogen-bond acceptors (Lipinski definition) is 3. The van der Waals surface area contributed by atoms with Gasteiger partial charge in [0, 0.05) is 31.8 Å². The van der Waals surface area contributed by atoms with Gasteiger partial charge in [0.2, 0.25) is 5.91 Å². The van der Waals surface area contributed by atoms with Crippen LogP contribution in [0, 0.1) is 0 Å². The molecule has 19 heavy (non-hydrogen) atoms. The molecule has 0 aromatic heterocycles. The lowest BCUT2D eigenvalue weighted by atomic mass is 10.2. The molecule has 0 aliphatic rings. The van der Waals surface area contributed by atoms with Crippen molar-refractivity contribution in [3.05, 3.63) is 40.9 Å². The van der Waals surface area contributed by atoms with Crippen LogP contribution in [-0.2, 0) is 9.53 Å². The number of hydrogen-bond donors (Lipinski definition) is 1. The van der Waals surface area contributed by atoms with E-state index in [0.29, 0.717) is 5.02 Å². The number of benzene rings is 1. The number of methoxy groups -OCH3 is 1. The standard InChI is InChI=1S/C14H18ClNO3/c1-16(9-13(17)10-19-2)14(18)8-5-11-3-6-12(15)7-4-11/h3-8,13,17H,9-10H2,1-2H3. The Bertz CT molecular complexity index is 431. The zero-order chi connectivity index (χ0) is 14.3. The molecule has 4 nitrogen and oxygen atoms in total. The molecule has 0 saturated heterocycles. The number of carbonyl (C=O) groups excluding carboxylic acids is 1. The minimum atomic E-state index is -0.678. The molecular formula is C14H18ClNO3. The lowest BCUT2D eigenvalue weighted by molar-refractivity contribution is -0.126. The van der Waals surface area contributed by atoms with Crippen LogP contribution >= 0.6 is 11.6 Å². The van der Waals surface area contributed by atoms with E-state index in [-0.39, 0.29) is 19.1 Å². The highest BCUT2D eigenvalue weighted by atomic mass is 35.5. The minimum Gasteiger partial charge on any atom is -0.389 e. The van der Waals surface area contributed by atoms with Crippen molar-refractivity contribution >= 4 is 23.6 Å². The maximum atomic E-state index is 11.8. The summed E-state index contributed by atoms with van der Waals surface area (Å²) in [7, 11) is 3.14. The number of ether oxygens (including phenoxy) is 1. The van der Waals surface area contributed by atoms with Crippen LogP contribution in [-0.4, -0.2) is 49.3 Å². The molecular weight excluding hydrogens is 266 g/mol. The van der Waals surface area contributed by atoms with E-state index in [4.69, 9.17) is 16.3 Å². The molecule has 0 bridgehead atoms. The van der Waals surface area contributed by atoms with Crippen LogP contribution in [0.25, 0.3) is 6.08 Å². The maximum absolute atomic E-state index is 11.8. The number of aliphatic hydroxyl groups excluding tert-OH is 1. The van der Waals surface area contributed by atoms with E-state index >= 15 is 0 Å². The number of amides is 1. The van der Waals surface area contributed by atoms with Gasteiger partial charge in [0.15, 0.2) is 0 Å². The third-order valence-electron chi connectivity index (χ3n) is 2.51. The number of halogens is 1. The van der Waals surface area contributed by atoms with Gasteiger partial charge in [-0.05, 0) is 23.8 Å². The van der Waals surface area contributed by atoms with Crippen LogP contribution in [0.15, 0.2) is 30.3 Å². The minimum absolute atomic E-state index is 0.176. The number of rotatable bonds is 6. The smallest absolute Gasteiger partial charge is 0.246 e. The van der Waals surface area contributed by atoms with E-state index in [1.165, 1.54) is 18.1 Å². The lowest BCUT2D eigenvalue weighted by Gasteiger charge is -2.18. The molecule has 0 radical (unpaired) electrons. The first-order valence-electron chi connectivity index (χ1n) is 5.88. The van der Waals surface area contributed by atoms with Gasteiger partial charge < -0.3 is 14.7 Å². The summed E-state index contributed by atoms with van der Waals surface area (Å²) in [6.07, 6.45) is 2.49. The number of aliphatic hydroxyl groups is 1. The summed E-state index contributed by atoms with van der Waals surface area (Å²) >= 11 is 5.77. The predicted molar refractivity (Wildman–Crippen MR) is 76.0 cm³/mol. The van der Waals surface area contributed by atoms with Crippen LogP contribution < -0.4 is 0 Å². The van der Waals surface area contributed by atoms with E-state index in [2.05, 4.69) is 0 Å². The molecule has 1 rings (SSSR count). The van der Waals surface area contributed by atoms with Crippen molar-refractivity contribution in [2.75, 3.05) is 27.3 Å². The lowest BCUT2D eigenvalue weighted by Crippen LogP contribution is -2.35. The Balaban J connectivity index is 2.51. The molecule has 1 aromatic carbocycles. The van der Waals surface area contributed by atoms with Crippen molar-refractivity contribution in [3.63, 3.8) is 0 Å². The van der Waals surface area contributed by atoms with E-state index in [1.807, 2.05) is 12.1 Å². The molecule has 1 aromatic rings. The highest BCUT2D eigenvalue weighted by molar-refractivity contribution is 6.30. The fourth-order valence-electron chi connectivity index (χ4n) is 1.52. The molecule has 1 N–H and O–H groups in total. The Morgan fingerprint density at radius 2 is 2.11 bits per heavy atom.